The summed E-state index contributed by atoms with van der Waals surface area (Å²) in [6.07, 6.45) is 9.33. The van der Waals surface area contributed by atoms with Gasteiger partial charge in [-0.1, -0.05) is 24.1 Å². The van der Waals surface area contributed by atoms with Crippen LogP contribution in [0.4, 0.5) is 0 Å². The number of aliphatic hydroxyl groups is 2. The Balaban J connectivity index is 2.37. The van der Waals surface area contributed by atoms with E-state index in [2.05, 4.69) is 5.32 Å². The Labute approximate surface area is 151 Å². The fourth-order valence-electron chi connectivity index (χ4n) is 2.80. The summed E-state index contributed by atoms with van der Waals surface area (Å²) in [5.41, 5.74) is 1.96. The zero-order valence-corrected chi connectivity index (χ0v) is 16.0. The largest absolute Gasteiger partial charge is 0.378 e. The minimum atomic E-state index is -1.01. The van der Waals surface area contributed by atoms with E-state index in [1.165, 1.54) is 12.7 Å². The van der Waals surface area contributed by atoms with Gasteiger partial charge in [0.25, 0.3) is 5.91 Å². The topological polar surface area (TPSA) is 82.0 Å². The Morgan fingerprint density at radius 1 is 1.32 bits per heavy atom. The van der Waals surface area contributed by atoms with Gasteiger partial charge in [0, 0.05) is 12.7 Å². The SMILES string of the molecule is COC(O)C(C)NC(=O)C1=CCCC(CCCCCC(O)N(C)C)=C1. The van der Waals surface area contributed by atoms with Crippen LogP contribution in [0.15, 0.2) is 23.3 Å². The van der Waals surface area contributed by atoms with Crippen LogP contribution in [0.25, 0.3) is 0 Å². The van der Waals surface area contributed by atoms with Crippen molar-refractivity contribution in [1.82, 2.24) is 10.2 Å². The van der Waals surface area contributed by atoms with Gasteiger partial charge >= 0.3 is 0 Å². The van der Waals surface area contributed by atoms with Gasteiger partial charge in [-0.3, -0.25) is 9.69 Å². The molecule has 0 spiro atoms. The van der Waals surface area contributed by atoms with Crippen molar-refractivity contribution in [3.8, 4) is 0 Å². The van der Waals surface area contributed by atoms with Gasteiger partial charge in [-0.25, -0.2) is 0 Å². The molecule has 1 amide bonds. The van der Waals surface area contributed by atoms with Crippen molar-refractivity contribution in [2.75, 3.05) is 21.2 Å². The molecule has 0 bridgehead atoms. The highest BCUT2D eigenvalue weighted by atomic mass is 16.6. The molecule has 0 saturated carbocycles. The van der Waals surface area contributed by atoms with Crippen LogP contribution in [0.5, 0.6) is 0 Å². The summed E-state index contributed by atoms with van der Waals surface area (Å²) in [7, 11) is 5.16. The Bertz CT molecular complexity index is 474. The molecular formula is C19H34N2O4. The molecule has 6 heteroatoms. The molecule has 6 nitrogen and oxygen atoms in total. The number of ether oxygens (including phenoxy) is 1. The highest BCUT2D eigenvalue weighted by Crippen LogP contribution is 2.23. The standard InChI is InChI=1S/C19H34N2O4/c1-14(19(24)25-4)20-18(23)16-11-8-10-15(13-16)9-6-5-7-12-17(22)21(2)3/h11,13-14,17,19,22,24H,5-10,12H2,1-4H3,(H,20,23). The number of allylic oxidation sites excluding steroid dienone is 2. The van der Waals surface area contributed by atoms with Gasteiger partial charge in [0.05, 0.1) is 6.04 Å². The first-order valence-electron chi connectivity index (χ1n) is 9.11. The number of methoxy groups -OCH3 is 1. The fourth-order valence-corrected chi connectivity index (χ4v) is 2.80. The predicted molar refractivity (Wildman–Crippen MR) is 98.8 cm³/mol. The fraction of sp³-hybridized carbons (Fsp3) is 0.737. The van der Waals surface area contributed by atoms with E-state index in [1.54, 1.807) is 6.92 Å². The molecule has 0 saturated heterocycles. The Morgan fingerprint density at radius 2 is 2.04 bits per heavy atom. The molecule has 0 fully saturated rings. The van der Waals surface area contributed by atoms with Crippen LogP contribution >= 0.6 is 0 Å². The molecule has 0 aromatic carbocycles. The van der Waals surface area contributed by atoms with Crippen LogP contribution in [-0.2, 0) is 9.53 Å². The first-order chi connectivity index (χ1) is 11.8. The molecule has 3 N–H and O–H groups in total. The number of hydrogen-bond donors (Lipinski definition) is 3. The van der Waals surface area contributed by atoms with E-state index in [1.807, 2.05) is 31.1 Å². The van der Waals surface area contributed by atoms with E-state index in [4.69, 9.17) is 4.74 Å². The van der Waals surface area contributed by atoms with Crippen molar-refractivity contribution in [1.29, 1.82) is 0 Å². The summed E-state index contributed by atoms with van der Waals surface area (Å²) in [6, 6.07) is -0.458. The number of aliphatic hydroxyl groups excluding tert-OH is 2. The molecule has 0 aliphatic heterocycles. The zero-order valence-electron chi connectivity index (χ0n) is 16.0. The second-order valence-electron chi connectivity index (χ2n) is 6.93. The summed E-state index contributed by atoms with van der Waals surface area (Å²) in [4.78, 5) is 14.1. The summed E-state index contributed by atoms with van der Waals surface area (Å²) in [5, 5.41) is 22.1. The van der Waals surface area contributed by atoms with Crippen LogP contribution in [0.2, 0.25) is 0 Å². The lowest BCUT2D eigenvalue weighted by molar-refractivity contribution is -0.125. The van der Waals surface area contributed by atoms with E-state index in [9.17, 15) is 15.0 Å². The van der Waals surface area contributed by atoms with Gasteiger partial charge in [-0.15, -0.1) is 0 Å². The number of unbranched alkanes of at least 4 members (excludes halogenated alkanes) is 2. The summed E-state index contributed by atoms with van der Waals surface area (Å²) < 4.78 is 4.81. The van der Waals surface area contributed by atoms with E-state index < -0.39 is 12.3 Å². The average molecular weight is 354 g/mol. The van der Waals surface area contributed by atoms with Gasteiger partial charge in [0.15, 0.2) is 6.29 Å². The smallest absolute Gasteiger partial charge is 0.251 e. The molecule has 0 aromatic rings. The van der Waals surface area contributed by atoms with Gasteiger partial charge in [0.2, 0.25) is 0 Å². The number of hydrogen-bond acceptors (Lipinski definition) is 5. The third kappa shape index (κ3) is 8.14. The number of carbonyl (C=O) groups is 1. The van der Waals surface area contributed by atoms with E-state index in [0.717, 1.165) is 44.9 Å². The molecule has 0 aromatic heterocycles. The maximum absolute atomic E-state index is 12.3. The third-order valence-electron chi connectivity index (χ3n) is 4.54. The molecule has 144 valence electrons. The maximum atomic E-state index is 12.3. The third-order valence-corrected chi connectivity index (χ3v) is 4.54. The molecule has 1 aliphatic rings. The molecule has 0 radical (unpaired) electrons. The number of rotatable bonds is 11. The van der Waals surface area contributed by atoms with Crippen molar-refractivity contribution < 1.29 is 19.7 Å². The molecule has 0 heterocycles. The van der Waals surface area contributed by atoms with Crippen LogP contribution < -0.4 is 5.32 Å². The van der Waals surface area contributed by atoms with Crippen LogP contribution in [0.1, 0.15) is 51.9 Å². The van der Waals surface area contributed by atoms with Crippen molar-refractivity contribution in [3.05, 3.63) is 23.3 Å². The summed E-state index contributed by atoms with van der Waals surface area (Å²) in [6.45, 7) is 1.71. The molecule has 3 atom stereocenters. The first kappa shape index (κ1) is 21.8. The van der Waals surface area contributed by atoms with Gasteiger partial charge in [-0.2, -0.15) is 0 Å². The molecular weight excluding hydrogens is 320 g/mol. The van der Waals surface area contributed by atoms with Gasteiger partial charge < -0.3 is 20.3 Å². The van der Waals surface area contributed by atoms with Gasteiger partial charge in [0.1, 0.15) is 6.23 Å². The van der Waals surface area contributed by atoms with Crippen molar-refractivity contribution in [3.63, 3.8) is 0 Å². The van der Waals surface area contributed by atoms with Crippen molar-refractivity contribution in [2.45, 2.75) is 70.4 Å². The first-order valence-corrected chi connectivity index (χ1v) is 9.11. The summed E-state index contributed by atoms with van der Waals surface area (Å²) in [5.74, 6) is -0.171. The van der Waals surface area contributed by atoms with Crippen LogP contribution in [0.3, 0.4) is 0 Å². The van der Waals surface area contributed by atoms with Crippen molar-refractivity contribution >= 4 is 5.91 Å². The molecule has 3 unspecified atom stereocenters. The lowest BCUT2D eigenvalue weighted by atomic mass is 9.94. The number of nitrogens with one attached hydrogen (secondary N) is 1. The lowest BCUT2D eigenvalue weighted by Gasteiger charge is -2.20. The number of carbonyl (C=O) groups excluding carboxylic acids is 1. The molecule has 1 rings (SSSR count). The Kier molecular flexibility index (Phi) is 9.97. The van der Waals surface area contributed by atoms with E-state index >= 15 is 0 Å². The Morgan fingerprint density at radius 3 is 2.68 bits per heavy atom. The predicted octanol–water partition coefficient (Wildman–Crippen LogP) is 1.93. The maximum Gasteiger partial charge on any atom is 0.251 e. The molecule has 25 heavy (non-hydrogen) atoms. The number of nitrogens with zero attached hydrogens (tertiary/aromatic N) is 1. The number of amides is 1. The van der Waals surface area contributed by atoms with Crippen molar-refractivity contribution in [2.24, 2.45) is 0 Å². The minimum Gasteiger partial charge on any atom is -0.378 e. The van der Waals surface area contributed by atoms with E-state index in [-0.39, 0.29) is 12.1 Å². The lowest BCUT2D eigenvalue weighted by Crippen LogP contribution is -2.42. The molecule has 1 aliphatic carbocycles. The highest BCUT2D eigenvalue weighted by Gasteiger charge is 2.18. The quantitative estimate of drug-likeness (QED) is 0.390. The normalized spacial score (nSPS) is 18.4. The monoisotopic (exact) mass is 354 g/mol. The summed E-state index contributed by atoms with van der Waals surface area (Å²) >= 11 is 0. The second-order valence-corrected chi connectivity index (χ2v) is 6.93. The van der Waals surface area contributed by atoms with Crippen LogP contribution in [0, 0.1) is 0 Å². The zero-order chi connectivity index (χ0) is 18.8. The van der Waals surface area contributed by atoms with Crippen LogP contribution in [-0.4, -0.2) is 60.8 Å². The van der Waals surface area contributed by atoms with Gasteiger partial charge in [-0.05, 0) is 59.5 Å². The Hall–Kier alpha value is -1.21. The van der Waals surface area contributed by atoms with E-state index in [0.29, 0.717) is 5.57 Å². The highest BCUT2D eigenvalue weighted by molar-refractivity contribution is 5.96. The average Bonchev–Trinajstić information content (AvgIpc) is 2.60. The second kappa shape index (κ2) is 11.4. The minimum absolute atomic E-state index is 0.171.